The number of ether oxygens (including phenoxy) is 1. The lowest BCUT2D eigenvalue weighted by molar-refractivity contribution is 0.0525. The number of carbonyl (C=O) groups is 1. The van der Waals surface area contributed by atoms with Crippen molar-refractivity contribution in [3.63, 3.8) is 0 Å². The summed E-state index contributed by atoms with van der Waals surface area (Å²) >= 11 is 0. The van der Waals surface area contributed by atoms with Crippen LogP contribution in [0, 0.1) is 6.92 Å². The molecule has 7 heteroatoms. The molecule has 112 valence electrons. The molecule has 0 aliphatic carbocycles. The van der Waals surface area contributed by atoms with Gasteiger partial charge in [-0.25, -0.2) is 17.9 Å². The lowest BCUT2D eigenvalue weighted by atomic mass is 10.2. The van der Waals surface area contributed by atoms with Gasteiger partial charge in [0.1, 0.15) is 5.56 Å². The van der Waals surface area contributed by atoms with Gasteiger partial charge in [0, 0.05) is 6.26 Å². The zero-order chi connectivity index (χ0) is 15.6. The third-order valence-electron chi connectivity index (χ3n) is 3.01. The predicted octanol–water partition coefficient (Wildman–Crippen LogP) is 1.76. The van der Waals surface area contributed by atoms with Crippen LogP contribution in [0.1, 0.15) is 23.0 Å². The smallest absolute Gasteiger partial charge is 0.341 e. The quantitative estimate of drug-likeness (QED) is 0.804. The van der Waals surface area contributed by atoms with Crippen molar-refractivity contribution in [2.75, 3.05) is 12.9 Å². The molecule has 0 aliphatic heterocycles. The fourth-order valence-corrected chi connectivity index (χ4v) is 2.54. The Morgan fingerprint density at radius 3 is 2.43 bits per heavy atom. The van der Waals surface area contributed by atoms with E-state index in [9.17, 15) is 13.2 Å². The number of benzene rings is 1. The molecule has 1 aromatic heterocycles. The van der Waals surface area contributed by atoms with Crippen molar-refractivity contribution in [3.8, 4) is 5.69 Å². The van der Waals surface area contributed by atoms with Crippen LogP contribution >= 0.6 is 0 Å². The van der Waals surface area contributed by atoms with E-state index >= 15 is 0 Å². The average molecular weight is 308 g/mol. The highest BCUT2D eigenvalue weighted by atomic mass is 32.2. The van der Waals surface area contributed by atoms with Crippen molar-refractivity contribution in [3.05, 3.63) is 41.7 Å². The number of nitrogens with zero attached hydrogens (tertiary/aromatic N) is 2. The van der Waals surface area contributed by atoms with Gasteiger partial charge in [0.2, 0.25) is 0 Å². The molecule has 0 unspecified atom stereocenters. The van der Waals surface area contributed by atoms with Gasteiger partial charge in [0.05, 0.1) is 29.1 Å². The maximum atomic E-state index is 11.7. The van der Waals surface area contributed by atoms with E-state index in [1.165, 1.54) is 18.3 Å². The van der Waals surface area contributed by atoms with Crippen LogP contribution in [-0.2, 0) is 14.6 Å². The highest BCUT2D eigenvalue weighted by Gasteiger charge is 2.16. The van der Waals surface area contributed by atoms with Crippen molar-refractivity contribution in [1.29, 1.82) is 0 Å². The van der Waals surface area contributed by atoms with Crippen molar-refractivity contribution >= 4 is 15.8 Å². The van der Waals surface area contributed by atoms with Gasteiger partial charge in [-0.2, -0.15) is 5.10 Å². The third kappa shape index (κ3) is 3.13. The van der Waals surface area contributed by atoms with E-state index in [0.717, 1.165) is 6.26 Å². The van der Waals surface area contributed by atoms with Crippen LogP contribution in [0.3, 0.4) is 0 Å². The average Bonchev–Trinajstić information content (AvgIpc) is 2.80. The van der Waals surface area contributed by atoms with E-state index in [0.29, 0.717) is 23.6 Å². The molecule has 0 amide bonds. The van der Waals surface area contributed by atoms with Crippen LogP contribution in [0.5, 0.6) is 0 Å². The second kappa shape index (κ2) is 5.69. The van der Waals surface area contributed by atoms with Crippen LogP contribution in [0.15, 0.2) is 35.4 Å². The Morgan fingerprint density at radius 1 is 1.29 bits per heavy atom. The largest absolute Gasteiger partial charge is 0.462 e. The van der Waals surface area contributed by atoms with E-state index in [4.69, 9.17) is 4.74 Å². The van der Waals surface area contributed by atoms with Crippen LogP contribution in [-0.4, -0.2) is 37.0 Å². The summed E-state index contributed by atoms with van der Waals surface area (Å²) in [5.74, 6) is -0.422. The molecule has 0 saturated heterocycles. The topological polar surface area (TPSA) is 78.3 Å². The molecule has 1 aromatic carbocycles. The van der Waals surface area contributed by atoms with E-state index in [-0.39, 0.29) is 4.90 Å². The van der Waals surface area contributed by atoms with Gasteiger partial charge in [-0.15, -0.1) is 0 Å². The number of hydrogen-bond donors (Lipinski definition) is 0. The normalized spacial score (nSPS) is 11.4. The molecule has 0 saturated carbocycles. The van der Waals surface area contributed by atoms with E-state index in [1.54, 1.807) is 30.7 Å². The molecular formula is C14H16N2O4S. The molecular weight excluding hydrogens is 292 g/mol. The Labute approximate surface area is 123 Å². The second-order valence-electron chi connectivity index (χ2n) is 4.54. The lowest BCUT2D eigenvalue weighted by Gasteiger charge is -2.06. The number of carbonyl (C=O) groups excluding carboxylic acids is 1. The lowest BCUT2D eigenvalue weighted by Crippen LogP contribution is -2.07. The molecule has 0 N–H and O–H groups in total. The number of sulfone groups is 1. The summed E-state index contributed by atoms with van der Waals surface area (Å²) in [5, 5.41) is 4.15. The molecule has 2 rings (SSSR count). The minimum Gasteiger partial charge on any atom is -0.462 e. The molecule has 6 nitrogen and oxygen atoms in total. The monoisotopic (exact) mass is 308 g/mol. The molecule has 0 radical (unpaired) electrons. The zero-order valence-electron chi connectivity index (χ0n) is 12.0. The Kier molecular flexibility index (Phi) is 4.13. The molecule has 2 aromatic rings. The first-order valence-electron chi connectivity index (χ1n) is 6.37. The fourth-order valence-electron chi connectivity index (χ4n) is 1.91. The molecule has 0 aliphatic rings. The van der Waals surface area contributed by atoms with Gasteiger partial charge in [-0.3, -0.25) is 0 Å². The maximum Gasteiger partial charge on any atom is 0.341 e. The minimum absolute atomic E-state index is 0.238. The standard InChI is InChI=1S/C14H16N2O4S/c1-4-20-14(17)13-9-15-16(10(13)2)11-5-7-12(8-6-11)21(3,18)19/h5-9H,4H2,1-3H3. The Balaban J connectivity index is 2.37. The highest BCUT2D eigenvalue weighted by molar-refractivity contribution is 7.90. The van der Waals surface area contributed by atoms with Crippen molar-refractivity contribution in [2.24, 2.45) is 0 Å². The first-order valence-corrected chi connectivity index (χ1v) is 8.26. The highest BCUT2D eigenvalue weighted by Crippen LogP contribution is 2.17. The summed E-state index contributed by atoms with van der Waals surface area (Å²) in [7, 11) is -3.23. The number of hydrogen-bond acceptors (Lipinski definition) is 5. The fraction of sp³-hybridized carbons (Fsp3) is 0.286. The van der Waals surface area contributed by atoms with Crippen LogP contribution in [0.4, 0.5) is 0 Å². The number of esters is 1. The van der Waals surface area contributed by atoms with Crippen LogP contribution in [0.25, 0.3) is 5.69 Å². The molecule has 0 spiro atoms. The van der Waals surface area contributed by atoms with Crippen molar-refractivity contribution < 1.29 is 17.9 Å². The van der Waals surface area contributed by atoms with Gasteiger partial charge in [0.15, 0.2) is 9.84 Å². The van der Waals surface area contributed by atoms with Gasteiger partial charge < -0.3 is 4.74 Å². The molecule has 0 fully saturated rings. The van der Waals surface area contributed by atoms with Gasteiger partial charge in [0.25, 0.3) is 0 Å². The predicted molar refractivity (Wildman–Crippen MR) is 77.4 cm³/mol. The van der Waals surface area contributed by atoms with Crippen molar-refractivity contribution in [2.45, 2.75) is 18.7 Å². The van der Waals surface area contributed by atoms with Crippen LogP contribution in [0.2, 0.25) is 0 Å². The third-order valence-corrected chi connectivity index (χ3v) is 4.14. The van der Waals surface area contributed by atoms with Crippen LogP contribution < -0.4 is 0 Å². The SMILES string of the molecule is CCOC(=O)c1cnn(-c2ccc(S(C)(=O)=O)cc2)c1C. The van der Waals surface area contributed by atoms with Crippen molar-refractivity contribution in [1.82, 2.24) is 9.78 Å². The molecule has 21 heavy (non-hydrogen) atoms. The Morgan fingerprint density at radius 2 is 1.90 bits per heavy atom. The number of aromatic nitrogens is 2. The summed E-state index contributed by atoms with van der Waals surface area (Å²) in [6.45, 7) is 3.79. The maximum absolute atomic E-state index is 11.7. The minimum atomic E-state index is -3.23. The molecule has 1 heterocycles. The van der Waals surface area contributed by atoms with E-state index in [1.807, 2.05) is 0 Å². The van der Waals surface area contributed by atoms with Gasteiger partial charge in [-0.1, -0.05) is 0 Å². The zero-order valence-corrected chi connectivity index (χ0v) is 12.8. The van der Waals surface area contributed by atoms with E-state index < -0.39 is 15.8 Å². The van der Waals surface area contributed by atoms with Gasteiger partial charge >= 0.3 is 5.97 Å². The second-order valence-corrected chi connectivity index (χ2v) is 6.56. The number of rotatable bonds is 4. The summed E-state index contributed by atoms with van der Waals surface area (Å²) in [4.78, 5) is 12.0. The first-order chi connectivity index (χ1) is 9.84. The van der Waals surface area contributed by atoms with E-state index in [2.05, 4.69) is 5.10 Å². The molecule has 0 bridgehead atoms. The first kappa shape index (κ1) is 15.2. The Bertz CT molecular complexity index is 761. The van der Waals surface area contributed by atoms with Gasteiger partial charge in [-0.05, 0) is 38.1 Å². The summed E-state index contributed by atoms with van der Waals surface area (Å²) in [6, 6.07) is 6.31. The summed E-state index contributed by atoms with van der Waals surface area (Å²) in [6.07, 6.45) is 2.60. The summed E-state index contributed by atoms with van der Waals surface area (Å²) < 4.78 is 29.4. The Hall–Kier alpha value is -2.15. The molecule has 0 atom stereocenters. The summed E-state index contributed by atoms with van der Waals surface area (Å²) in [5.41, 5.74) is 1.71.